The van der Waals surface area contributed by atoms with Crippen LogP contribution in [0.25, 0.3) is 0 Å². The number of hydrogen-bond donors (Lipinski definition) is 0. The fourth-order valence-corrected chi connectivity index (χ4v) is 3.62. The van der Waals surface area contributed by atoms with E-state index >= 15 is 0 Å². The summed E-state index contributed by atoms with van der Waals surface area (Å²) < 4.78 is 35.5. The van der Waals surface area contributed by atoms with E-state index in [1.165, 1.54) is 0 Å². The maximum absolute atomic E-state index is 12.2. The Balaban J connectivity index is 3.16. The van der Waals surface area contributed by atoms with E-state index in [0.29, 0.717) is 12.2 Å². The molecule has 126 valence electrons. The minimum atomic E-state index is -3.72. The van der Waals surface area contributed by atoms with Crippen LogP contribution in [0.1, 0.15) is 39.7 Å². The molecule has 0 heterocycles. The second-order valence-electron chi connectivity index (χ2n) is 7.07. The van der Waals surface area contributed by atoms with E-state index in [2.05, 4.69) is 33.9 Å². The molecule has 0 fully saturated rings. The van der Waals surface area contributed by atoms with Crippen LogP contribution >= 0.6 is 0 Å². The molecule has 22 heavy (non-hydrogen) atoms. The van der Waals surface area contributed by atoms with Crippen LogP contribution in [0.15, 0.2) is 23.1 Å². The summed E-state index contributed by atoms with van der Waals surface area (Å²) in [4.78, 5) is 0.153. The summed E-state index contributed by atoms with van der Waals surface area (Å²) in [6.45, 7) is 14.7. The summed E-state index contributed by atoms with van der Waals surface area (Å²) in [5.41, 5.74) is 0.930. The largest absolute Gasteiger partial charge is 0.543 e. The molecule has 0 spiro atoms. The van der Waals surface area contributed by atoms with Gasteiger partial charge in [0.05, 0.1) is 11.5 Å². The van der Waals surface area contributed by atoms with Crippen LogP contribution in [0.4, 0.5) is 0 Å². The van der Waals surface area contributed by atoms with Crippen molar-refractivity contribution in [1.29, 1.82) is 0 Å². The van der Waals surface area contributed by atoms with Crippen molar-refractivity contribution in [3.8, 4) is 5.75 Å². The molecule has 0 saturated heterocycles. The molecule has 4 nitrogen and oxygen atoms in total. The number of benzene rings is 1. The molecule has 0 aliphatic rings. The Morgan fingerprint density at radius 1 is 1.18 bits per heavy atom. The van der Waals surface area contributed by atoms with E-state index in [0.717, 1.165) is 5.56 Å². The highest BCUT2D eigenvalue weighted by molar-refractivity contribution is 7.86. The van der Waals surface area contributed by atoms with Crippen LogP contribution in [0.2, 0.25) is 18.1 Å². The summed E-state index contributed by atoms with van der Waals surface area (Å²) >= 11 is 0. The molecule has 0 N–H and O–H groups in total. The van der Waals surface area contributed by atoms with Crippen LogP contribution in [0.5, 0.6) is 5.75 Å². The van der Waals surface area contributed by atoms with Gasteiger partial charge in [0.25, 0.3) is 10.1 Å². The molecule has 1 aromatic rings. The smallest absolute Gasteiger partial charge is 0.297 e. The zero-order chi connectivity index (χ0) is 17.2. The lowest BCUT2D eigenvalue weighted by atomic mass is 10.2. The van der Waals surface area contributed by atoms with E-state index in [1.54, 1.807) is 18.2 Å². The molecular formula is C16H28O4SSi. The van der Waals surface area contributed by atoms with Crippen molar-refractivity contribution < 1.29 is 17.0 Å². The Hall–Kier alpha value is -0.853. The average Bonchev–Trinajstić information content (AvgIpc) is 2.37. The summed E-state index contributed by atoms with van der Waals surface area (Å²) in [7, 11) is -5.74. The summed E-state index contributed by atoms with van der Waals surface area (Å²) in [6, 6.07) is 4.92. The SMILES string of the molecule is CCCOS(=O)(=O)c1ccc(C)c(O[Si](C)(C)C(C)(C)C)c1. The topological polar surface area (TPSA) is 52.6 Å². The maximum atomic E-state index is 12.2. The van der Waals surface area contributed by atoms with Gasteiger partial charge in [-0.1, -0.05) is 33.8 Å². The molecule has 0 radical (unpaired) electrons. The van der Waals surface area contributed by atoms with Crippen LogP contribution < -0.4 is 4.43 Å². The van der Waals surface area contributed by atoms with Crippen LogP contribution in [-0.4, -0.2) is 23.3 Å². The summed E-state index contributed by atoms with van der Waals surface area (Å²) in [5, 5.41) is 0.0486. The van der Waals surface area contributed by atoms with Gasteiger partial charge in [-0.2, -0.15) is 8.42 Å². The Morgan fingerprint density at radius 3 is 2.27 bits per heavy atom. The Labute approximate surface area is 136 Å². The highest BCUT2D eigenvalue weighted by atomic mass is 32.2. The molecule has 1 rings (SSSR count). The second-order valence-corrected chi connectivity index (χ2v) is 13.4. The van der Waals surface area contributed by atoms with E-state index in [-0.39, 0.29) is 16.5 Å². The van der Waals surface area contributed by atoms with Crippen molar-refractivity contribution in [2.24, 2.45) is 0 Å². The van der Waals surface area contributed by atoms with Crippen molar-refractivity contribution in [3.63, 3.8) is 0 Å². The van der Waals surface area contributed by atoms with Gasteiger partial charge in [-0.25, -0.2) is 0 Å². The number of hydrogen-bond acceptors (Lipinski definition) is 4. The minimum absolute atomic E-state index is 0.0486. The molecule has 0 aromatic heterocycles. The fourth-order valence-electron chi connectivity index (χ4n) is 1.53. The standard InChI is InChI=1S/C16H28O4SSi/c1-8-11-19-21(17,18)14-10-9-13(2)15(12-14)20-22(6,7)16(3,4)5/h9-10,12H,8,11H2,1-7H3. The Morgan fingerprint density at radius 2 is 1.77 bits per heavy atom. The van der Waals surface area contributed by atoms with Gasteiger partial charge < -0.3 is 4.43 Å². The third-order valence-electron chi connectivity index (χ3n) is 4.06. The Bertz CT molecular complexity index is 616. The molecule has 0 unspecified atom stereocenters. The third-order valence-corrected chi connectivity index (χ3v) is 9.71. The molecule has 0 aliphatic heterocycles. The molecule has 0 bridgehead atoms. The van der Waals surface area contributed by atoms with Crippen LogP contribution in [0.3, 0.4) is 0 Å². The van der Waals surface area contributed by atoms with Gasteiger partial charge >= 0.3 is 0 Å². The van der Waals surface area contributed by atoms with E-state index in [4.69, 9.17) is 8.61 Å². The monoisotopic (exact) mass is 344 g/mol. The number of aryl methyl sites for hydroxylation is 1. The van der Waals surface area contributed by atoms with Crippen molar-refractivity contribution in [1.82, 2.24) is 0 Å². The molecule has 0 atom stereocenters. The maximum Gasteiger partial charge on any atom is 0.297 e. The molecule has 6 heteroatoms. The summed E-state index contributed by atoms with van der Waals surface area (Å²) in [6.07, 6.45) is 0.651. The zero-order valence-corrected chi connectivity index (χ0v) is 16.5. The lowest BCUT2D eigenvalue weighted by Crippen LogP contribution is -2.44. The lowest BCUT2D eigenvalue weighted by Gasteiger charge is -2.37. The molecule has 0 aliphatic carbocycles. The average molecular weight is 345 g/mol. The fraction of sp³-hybridized carbons (Fsp3) is 0.625. The van der Waals surface area contributed by atoms with Gasteiger partial charge in [0.2, 0.25) is 8.32 Å². The zero-order valence-electron chi connectivity index (χ0n) is 14.7. The Kier molecular flexibility index (Phi) is 5.86. The van der Waals surface area contributed by atoms with Crippen molar-refractivity contribution in [2.45, 2.75) is 64.1 Å². The molecule has 1 aromatic carbocycles. The van der Waals surface area contributed by atoms with Gasteiger partial charge in [0, 0.05) is 6.07 Å². The normalized spacial score (nSPS) is 13.2. The molecule has 0 saturated carbocycles. The van der Waals surface area contributed by atoms with Gasteiger partial charge in [0.15, 0.2) is 0 Å². The van der Waals surface area contributed by atoms with Gasteiger partial charge in [-0.3, -0.25) is 4.18 Å². The van der Waals surface area contributed by atoms with Gasteiger partial charge in [-0.15, -0.1) is 0 Å². The van der Waals surface area contributed by atoms with Gasteiger partial charge in [-0.05, 0) is 43.1 Å². The first kappa shape index (κ1) is 19.2. The van der Waals surface area contributed by atoms with Crippen molar-refractivity contribution >= 4 is 18.4 Å². The predicted octanol–water partition coefficient (Wildman–Crippen LogP) is 4.49. The first-order chi connectivity index (χ1) is 9.90. The van der Waals surface area contributed by atoms with E-state index in [1.807, 2.05) is 13.8 Å². The second kappa shape index (κ2) is 6.72. The number of rotatable bonds is 6. The van der Waals surface area contributed by atoms with Crippen molar-refractivity contribution in [3.05, 3.63) is 23.8 Å². The first-order valence-electron chi connectivity index (χ1n) is 7.60. The van der Waals surface area contributed by atoms with E-state index in [9.17, 15) is 8.42 Å². The van der Waals surface area contributed by atoms with Crippen molar-refractivity contribution in [2.75, 3.05) is 6.61 Å². The predicted molar refractivity (Wildman–Crippen MR) is 92.4 cm³/mol. The molecular weight excluding hydrogens is 316 g/mol. The highest BCUT2D eigenvalue weighted by Crippen LogP contribution is 2.38. The van der Waals surface area contributed by atoms with Crippen LogP contribution in [0, 0.1) is 6.92 Å². The van der Waals surface area contributed by atoms with Crippen LogP contribution in [-0.2, 0) is 14.3 Å². The van der Waals surface area contributed by atoms with Gasteiger partial charge in [0.1, 0.15) is 5.75 Å². The molecule has 0 amide bonds. The lowest BCUT2D eigenvalue weighted by molar-refractivity contribution is 0.318. The minimum Gasteiger partial charge on any atom is -0.543 e. The quantitative estimate of drug-likeness (QED) is 0.563. The first-order valence-corrected chi connectivity index (χ1v) is 11.9. The highest BCUT2D eigenvalue weighted by Gasteiger charge is 2.39. The summed E-state index contributed by atoms with van der Waals surface area (Å²) in [5.74, 6) is 0.632. The third kappa shape index (κ3) is 4.57. The van der Waals surface area contributed by atoms with E-state index < -0.39 is 18.4 Å².